The fraction of sp³-hybridized carbons (Fsp3) is 0.190. The highest BCUT2D eigenvalue weighted by Gasteiger charge is 2.14. The topological polar surface area (TPSA) is 68.3 Å². The molecule has 3 rings (SSSR count). The first kappa shape index (κ1) is 20.4. The highest BCUT2D eigenvalue weighted by atomic mass is 79.9. The molecule has 146 valence electrons. The van der Waals surface area contributed by atoms with Crippen molar-refractivity contribution in [2.24, 2.45) is 0 Å². The zero-order chi connectivity index (χ0) is 20.1. The highest BCUT2D eigenvalue weighted by molar-refractivity contribution is 9.10. The second-order valence-corrected chi connectivity index (χ2v) is 9.09. The monoisotopic (exact) mass is 460 g/mol. The third kappa shape index (κ3) is 5.33. The molecule has 0 spiro atoms. The minimum Gasteiger partial charge on any atom is -0.491 e. The Bertz CT molecular complexity index is 1070. The molecular formula is C21H21BrN2O3S. The second kappa shape index (κ2) is 8.75. The van der Waals surface area contributed by atoms with Crippen molar-refractivity contribution < 1.29 is 13.2 Å². The molecule has 1 heterocycles. The van der Waals surface area contributed by atoms with E-state index >= 15 is 0 Å². The van der Waals surface area contributed by atoms with E-state index in [-0.39, 0.29) is 0 Å². The van der Waals surface area contributed by atoms with Gasteiger partial charge in [0.15, 0.2) is 0 Å². The Hall–Kier alpha value is -2.38. The summed E-state index contributed by atoms with van der Waals surface area (Å²) in [4.78, 5) is 4.27. The van der Waals surface area contributed by atoms with Gasteiger partial charge in [0, 0.05) is 30.1 Å². The molecule has 1 aromatic heterocycles. The van der Waals surface area contributed by atoms with Gasteiger partial charge < -0.3 is 4.74 Å². The molecule has 0 aliphatic carbocycles. The van der Waals surface area contributed by atoms with Gasteiger partial charge in [-0.3, -0.25) is 9.71 Å². The lowest BCUT2D eigenvalue weighted by atomic mass is 10.0. The van der Waals surface area contributed by atoms with E-state index in [1.54, 1.807) is 24.5 Å². The summed E-state index contributed by atoms with van der Waals surface area (Å²) in [5.74, 6) is 0.720. The number of benzene rings is 2. The van der Waals surface area contributed by atoms with Crippen LogP contribution in [0.2, 0.25) is 0 Å². The normalized spacial score (nSPS) is 11.2. The smallest absolute Gasteiger partial charge is 0.229 e. The van der Waals surface area contributed by atoms with E-state index in [2.05, 4.69) is 37.8 Å². The molecule has 0 saturated heterocycles. The van der Waals surface area contributed by atoms with Gasteiger partial charge in [0.05, 0.1) is 17.3 Å². The first-order valence-corrected chi connectivity index (χ1v) is 11.4. The Morgan fingerprint density at radius 1 is 1.07 bits per heavy atom. The van der Waals surface area contributed by atoms with Crippen LogP contribution in [0.3, 0.4) is 0 Å². The van der Waals surface area contributed by atoms with Gasteiger partial charge in [-0.05, 0) is 51.7 Å². The standard InChI is InChI=1S/C21H21BrN2O3S/c1-15-12-17(24-28(2,25)26)8-9-18(15)19-13-23-14-20(22)21(19)27-11-10-16-6-4-3-5-7-16/h3-9,12-14,24H,10-11H2,1-2H3. The second-order valence-electron chi connectivity index (χ2n) is 6.49. The largest absolute Gasteiger partial charge is 0.491 e. The van der Waals surface area contributed by atoms with E-state index in [1.807, 2.05) is 31.2 Å². The van der Waals surface area contributed by atoms with E-state index in [4.69, 9.17) is 4.74 Å². The van der Waals surface area contributed by atoms with Crippen molar-refractivity contribution in [3.63, 3.8) is 0 Å². The number of halogens is 1. The number of hydrogen-bond donors (Lipinski definition) is 1. The molecule has 7 heteroatoms. The summed E-state index contributed by atoms with van der Waals surface area (Å²) in [5, 5.41) is 0. The minimum atomic E-state index is -3.32. The van der Waals surface area contributed by atoms with Crippen molar-refractivity contribution >= 4 is 31.6 Å². The van der Waals surface area contributed by atoms with Crippen molar-refractivity contribution in [3.8, 4) is 16.9 Å². The van der Waals surface area contributed by atoms with E-state index in [0.717, 1.165) is 39.6 Å². The van der Waals surface area contributed by atoms with Gasteiger partial charge in [0.25, 0.3) is 0 Å². The fourth-order valence-electron chi connectivity index (χ4n) is 2.92. The number of nitrogens with one attached hydrogen (secondary N) is 1. The van der Waals surface area contributed by atoms with Crippen LogP contribution < -0.4 is 9.46 Å². The lowest BCUT2D eigenvalue weighted by Gasteiger charge is -2.15. The summed E-state index contributed by atoms with van der Waals surface area (Å²) in [5.41, 5.74) is 4.44. The molecule has 2 aromatic carbocycles. The molecule has 0 aliphatic heterocycles. The van der Waals surface area contributed by atoms with Crippen LogP contribution in [-0.2, 0) is 16.4 Å². The Morgan fingerprint density at radius 3 is 2.50 bits per heavy atom. The zero-order valence-corrected chi connectivity index (χ0v) is 18.0. The van der Waals surface area contributed by atoms with Crippen LogP contribution in [0.25, 0.3) is 11.1 Å². The Labute approximate surface area is 174 Å². The third-order valence-electron chi connectivity index (χ3n) is 4.15. The van der Waals surface area contributed by atoms with Gasteiger partial charge in [-0.15, -0.1) is 0 Å². The molecule has 0 atom stereocenters. The number of sulfonamides is 1. The Morgan fingerprint density at radius 2 is 1.82 bits per heavy atom. The summed E-state index contributed by atoms with van der Waals surface area (Å²) in [6.45, 7) is 2.46. The number of rotatable bonds is 7. The molecule has 0 fully saturated rings. The Kier molecular flexibility index (Phi) is 6.36. The van der Waals surface area contributed by atoms with E-state index in [9.17, 15) is 8.42 Å². The summed E-state index contributed by atoms with van der Waals surface area (Å²) in [7, 11) is -3.32. The Balaban J connectivity index is 1.85. The van der Waals surface area contributed by atoms with E-state index in [0.29, 0.717) is 12.3 Å². The van der Waals surface area contributed by atoms with Gasteiger partial charge in [-0.25, -0.2) is 8.42 Å². The molecule has 5 nitrogen and oxygen atoms in total. The first-order valence-electron chi connectivity index (χ1n) is 8.72. The summed E-state index contributed by atoms with van der Waals surface area (Å²) < 4.78 is 32.3. The predicted octanol–water partition coefficient (Wildman–Crippen LogP) is 4.81. The summed E-state index contributed by atoms with van der Waals surface area (Å²) in [6.07, 6.45) is 5.39. The van der Waals surface area contributed by atoms with E-state index in [1.165, 1.54) is 5.56 Å². The van der Waals surface area contributed by atoms with Gasteiger partial charge in [-0.1, -0.05) is 36.4 Å². The van der Waals surface area contributed by atoms with Crippen molar-refractivity contribution in [2.45, 2.75) is 13.3 Å². The van der Waals surface area contributed by atoms with Crippen LogP contribution in [0, 0.1) is 6.92 Å². The maximum absolute atomic E-state index is 11.5. The quantitative estimate of drug-likeness (QED) is 0.548. The number of pyridine rings is 1. The molecule has 3 aromatic rings. The molecule has 0 unspecified atom stereocenters. The molecule has 0 bridgehead atoms. The molecule has 0 amide bonds. The third-order valence-corrected chi connectivity index (χ3v) is 5.32. The lowest BCUT2D eigenvalue weighted by Crippen LogP contribution is -2.09. The lowest BCUT2D eigenvalue weighted by molar-refractivity contribution is 0.321. The summed E-state index contributed by atoms with van der Waals surface area (Å²) >= 11 is 3.53. The minimum absolute atomic E-state index is 0.526. The van der Waals surface area contributed by atoms with Gasteiger partial charge in [0.2, 0.25) is 10.0 Å². The number of anilines is 1. The van der Waals surface area contributed by atoms with Crippen LogP contribution in [-0.4, -0.2) is 26.3 Å². The summed E-state index contributed by atoms with van der Waals surface area (Å²) in [6, 6.07) is 15.6. The number of hydrogen-bond acceptors (Lipinski definition) is 4. The first-order chi connectivity index (χ1) is 13.3. The SMILES string of the molecule is Cc1cc(NS(C)(=O)=O)ccc1-c1cncc(Br)c1OCCc1ccccc1. The molecule has 0 radical (unpaired) electrons. The average molecular weight is 461 g/mol. The van der Waals surface area contributed by atoms with Crippen LogP contribution in [0.5, 0.6) is 5.75 Å². The van der Waals surface area contributed by atoms with Crippen LogP contribution in [0.15, 0.2) is 65.4 Å². The number of aryl methyl sites for hydroxylation is 1. The van der Waals surface area contributed by atoms with Crippen molar-refractivity contribution in [3.05, 3.63) is 76.5 Å². The number of ether oxygens (including phenoxy) is 1. The average Bonchev–Trinajstić information content (AvgIpc) is 2.63. The van der Waals surface area contributed by atoms with Crippen molar-refractivity contribution in [2.75, 3.05) is 17.6 Å². The molecule has 28 heavy (non-hydrogen) atoms. The molecule has 1 N–H and O–H groups in total. The molecule has 0 saturated carbocycles. The van der Waals surface area contributed by atoms with Crippen LogP contribution >= 0.6 is 15.9 Å². The van der Waals surface area contributed by atoms with Gasteiger partial charge in [0.1, 0.15) is 5.75 Å². The predicted molar refractivity (Wildman–Crippen MR) is 116 cm³/mol. The number of aromatic nitrogens is 1. The van der Waals surface area contributed by atoms with E-state index < -0.39 is 10.0 Å². The van der Waals surface area contributed by atoms with Crippen molar-refractivity contribution in [1.29, 1.82) is 0 Å². The maximum atomic E-state index is 11.5. The van der Waals surface area contributed by atoms with Gasteiger partial charge >= 0.3 is 0 Å². The maximum Gasteiger partial charge on any atom is 0.229 e. The molecule has 0 aliphatic rings. The fourth-order valence-corrected chi connectivity index (χ4v) is 3.92. The molecular weight excluding hydrogens is 440 g/mol. The zero-order valence-electron chi connectivity index (χ0n) is 15.6. The van der Waals surface area contributed by atoms with Crippen molar-refractivity contribution in [1.82, 2.24) is 4.98 Å². The van der Waals surface area contributed by atoms with Crippen LogP contribution in [0.1, 0.15) is 11.1 Å². The highest BCUT2D eigenvalue weighted by Crippen LogP contribution is 2.37. The number of nitrogens with zero attached hydrogens (tertiary/aromatic N) is 1. The van der Waals surface area contributed by atoms with Gasteiger partial charge in [-0.2, -0.15) is 0 Å². The van der Waals surface area contributed by atoms with Crippen LogP contribution in [0.4, 0.5) is 5.69 Å².